The molecule has 1 saturated carbocycles. The molecule has 0 radical (unpaired) electrons. The maximum Gasteiger partial charge on any atom is 0.223 e. The van der Waals surface area contributed by atoms with E-state index in [2.05, 4.69) is 0 Å². The Hall–Kier alpha value is -0.280. The van der Waals surface area contributed by atoms with Crippen LogP contribution in [0, 0.1) is 11.8 Å². The van der Waals surface area contributed by atoms with E-state index in [0.717, 1.165) is 19.5 Å². The summed E-state index contributed by atoms with van der Waals surface area (Å²) in [6, 6.07) is 0. The van der Waals surface area contributed by atoms with Gasteiger partial charge in [-0.25, -0.2) is 0 Å². The molecule has 3 fully saturated rings. The van der Waals surface area contributed by atoms with E-state index in [1.165, 1.54) is 0 Å². The molecule has 74 valence electrons. The number of rotatable bonds is 2. The first kappa shape index (κ1) is 9.28. The van der Waals surface area contributed by atoms with Crippen molar-refractivity contribution in [3.05, 3.63) is 0 Å². The van der Waals surface area contributed by atoms with Crippen LogP contribution in [-0.2, 0) is 4.79 Å². The molecular weight excluding hydrogens is 190 g/mol. The Balaban J connectivity index is 1.88. The SMILES string of the molecule is O=C(CCCl)N1C[C@H]2C[C@@H](C1)C2O. The normalized spacial score (nSPS) is 37.1. The number of carbonyl (C=O) groups is 1. The summed E-state index contributed by atoms with van der Waals surface area (Å²) in [6.45, 7) is 1.46. The number of aliphatic hydroxyl groups excluding tert-OH is 1. The van der Waals surface area contributed by atoms with Crippen LogP contribution in [0.4, 0.5) is 0 Å². The van der Waals surface area contributed by atoms with Gasteiger partial charge in [0, 0.05) is 37.2 Å². The molecule has 1 N–H and O–H groups in total. The second-order valence-corrected chi connectivity index (χ2v) is 4.36. The van der Waals surface area contributed by atoms with Crippen LogP contribution in [0.5, 0.6) is 0 Å². The van der Waals surface area contributed by atoms with Crippen molar-refractivity contribution < 1.29 is 9.90 Å². The molecule has 3 nitrogen and oxygen atoms in total. The van der Waals surface area contributed by atoms with Gasteiger partial charge in [-0.05, 0) is 6.42 Å². The molecule has 1 unspecified atom stereocenters. The van der Waals surface area contributed by atoms with Crippen molar-refractivity contribution in [1.29, 1.82) is 0 Å². The molecule has 0 aromatic carbocycles. The van der Waals surface area contributed by atoms with E-state index >= 15 is 0 Å². The smallest absolute Gasteiger partial charge is 0.223 e. The highest BCUT2D eigenvalue weighted by Gasteiger charge is 2.46. The quantitative estimate of drug-likeness (QED) is 0.663. The lowest BCUT2D eigenvalue weighted by atomic mass is 9.68. The number of amides is 1. The highest BCUT2D eigenvalue weighted by atomic mass is 35.5. The Morgan fingerprint density at radius 1 is 1.46 bits per heavy atom. The topological polar surface area (TPSA) is 40.5 Å². The third kappa shape index (κ3) is 1.55. The molecule has 4 heteroatoms. The van der Waals surface area contributed by atoms with Gasteiger partial charge in [-0.2, -0.15) is 0 Å². The summed E-state index contributed by atoms with van der Waals surface area (Å²) in [5, 5.41) is 9.49. The van der Waals surface area contributed by atoms with E-state index in [1.54, 1.807) is 0 Å². The summed E-state index contributed by atoms with van der Waals surface area (Å²) in [6.07, 6.45) is 1.36. The molecule has 0 aromatic heterocycles. The summed E-state index contributed by atoms with van der Waals surface area (Å²) in [5.41, 5.74) is 0. The van der Waals surface area contributed by atoms with E-state index < -0.39 is 0 Å². The van der Waals surface area contributed by atoms with Crippen molar-refractivity contribution in [2.45, 2.75) is 18.9 Å². The zero-order chi connectivity index (χ0) is 9.42. The van der Waals surface area contributed by atoms with Crippen LogP contribution in [-0.4, -0.2) is 41.0 Å². The number of aliphatic hydroxyl groups is 1. The Labute approximate surface area is 82.7 Å². The van der Waals surface area contributed by atoms with Gasteiger partial charge in [0.15, 0.2) is 0 Å². The van der Waals surface area contributed by atoms with Gasteiger partial charge in [-0.1, -0.05) is 0 Å². The largest absolute Gasteiger partial charge is 0.392 e. The number of alkyl halides is 1. The van der Waals surface area contributed by atoms with E-state index in [9.17, 15) is 9.90 Å². The summed E-state index contributed by atoms with van der Waals surface area (Å²) in [4.78, 5) is 13.3. The van der Waals surface area contributed by atoms with Crippen LogP contribution in [0.15, 0.2) is 0 Å². The maximum absolute atomic E-state index is 11.4. The molecule has 2 saturated heterocycles. The number of hydrogen-bond donors (Lipinski definition) is 1. The van der Waals surface area contributed by atoms with Crippen LogP contribution >= 0.6 is 11.6 Å². The van der Waals surface area contributed by atoms with E-state index in [4.69, 9.17) is 11.6 Å². The molecule has 2 heterocycles. The van der Waals surface area contributed by atoms with Crippen molar-refractivity contribution in [2.24, 2.45) is 11.8 Å². The highest BCUT2D eigenvalue weighted by molar-refractivity contribution is 6.18. The maximum atomic E-state index is 11.4. The van der Waals surface area contributed by atoms with Crippen molar-refractivity contribution in [2.75, 3.05) is 19.0 Å². The number of fused-ring (bicyclic) bond motifs is 2. The van der Waals surface area contributed by atoms with Crippen LogP contribution in [0.3, 0.4) is 0 Å². The van der Waals surface area contributed by atoms with Crippen LogP contribution in [0.2, 0.25) is 0 Å². The Morgan fingerprint density at radius 2 is 2.08 bits per heavy atom. The van der Waals surface area contributed by atoms with E-state index in [1.807, 2.05) is 4.90 Å². The fraction of sp³-hybridized carbons (Fsp3) is 0.889. The number of nitrogens with zero attached hydrogens (tertiary/aromatic N) is 1. The standard InChI is InChI=1S/C9H14ClNO2/c10-2-1-8(12)11-4-6-3-7(5-11)9(6)13/h6-7,9,13H,1-5H2/t6-,7+,9?. The van der Waals surface area contributed by atoms with Crippen LogP contribution in [0.25, 0.3) is 0 Å². The highest BCUT2D eigenvalue weighted by Crippen LogP contribution is 2.39. The molecule has 2 aliphatic heterocycles. The van der Waals surface area contributed by atoms with Gasteiger partial charge in [0.25, 0.3) is 0 Å². The third-order valence-electron chi connectivity index (χ3n) is 3.14. The average molecular weight is 204 g/mol. The lowest BCUT2D eigenvalue weighted by Crippen LogP contribution is -2.59. The Morgan fingerprint density at radius 3 is 2.54 bits per heavy atom. The monoisotopic (exact) mass is 203 g/mol. The molecular formula is C9H14ClNO2. The fourth-order valence-corrected chi connectivity index (χ4v) is 2.47. The predicted molar refractivity (Wildman–Crippen MR) is 49.5 cm³/mol. The number of halogens is 1. The van der Waals surface area contributed by atoms with Crippen molar-refractivity contribution >= 4 is 17.5 Å². The molecule has 3 rings (SSSR count). The van der Waals surface area contributed by atoms with Gasteiger partial charge >= 0.3 is 0 Å². The Kier molecular flexibility index (Phi) is 2.47. The van der Waals surface area contributed by atoms with Gasteiger partial charge in [-0.3, -0.25) is 4.79 Å². The second kappa shape index (κ2) is 3.46. The van der Waals surface area contributed by atoms with Crippen LogP contribution in [0.1, 0.15) is 12.8 Å². The molecule has 2 bridgehead atoms. The summed E-state index contributed by atoms with van der Waals surface area (Å²) >= 11 is 5.50. The van der Waals surface area contributed by atoms with Crippen molar-refractivity contribution in [1.82, 2.24) is 4.90 Å². The van der Waals surface area contributed by atoms with Crippen molar-refractivity contribution in [3.63, 3.8) is 0 Å². The molecule has 1 amide bonds. The number of piperidine rings is 2. The van der Waals surface area contributed by atoms with Crippen LogP contribution < -0.4 is 0 Å². The third-order valence-corrected chi connectivity index (χ3v) is 3.33. The minimum absolute atomic E-state index is 0.136. The molecule has 1 aliphatic carbocycles. The first-order valence-electron chi connectivity index (χ1n) is 4.74. The number of carbonyl (C=O) groups excluding carboxylic acids is 1. The molecule has 0 aromatic rings. The molecule has 3 aliphatic rings. The van der Waals surface area contributed by atoms with Gasteiger partial charge < -0.3 is 10.0 Å². The second-order valence-electron chi connectivity index (χ2n) is 3.98. The lowest BCUT2D eigenvalue weighted by molar-refractivity contribution is -0.149. The van der Waals surface area contributed by atoms with Gasteiger partial charge in [-0.15, -0.1) is 11.6 Å². The minimum Gasteiger partial charge on any atom is -0.392 e. The van der Waals surface area contributed by atoms with Gasteiger partial charge in [0.05, 0.1) is 6.10 Å². The Bertz CT molecular complexity index is 210. The molecule has 13 heavy (non-hydrogen) atoms. The van der Waals surface area contributed by atoms with Crippen molar-refractivity contribution in [3.8, 4) is 0 Å². The fourth-order valence-electron chi connectivity index (χ4n) is 2.31. The predicted octanol–water partition coefficient (Wildman–Crippen LogP) is 0.455. The zero-order valence-electron chi connectivity index (χ0n) is 7.45. The average Bonchev–Trinajstić information content (AvgIpc) is 2.17. The minimum atomic E-state index is -0.153. The molecule has 0 spiro atoms. The summed E-state index contributed by atoms with van der Waals surface area (Å²) in [5.74, 6) is 1.19. The zero-order valence-corrected chi connectivity index (χ0v) is 8.20. The number of hydrogen-bond acceptors (Lipinski definition) is 2. The lowest BCUT2D eigenvalue weighted by Gasteiger charge is -2.51. The van der Waals surface area contributed by atoms with E-state index in [0.29, 0.717) is 24.1 Å². The summed E-state index contributed by atoms with van der Waals surface area (Å²) in [7, 11) is 0. The van der Waals surface area contributed by atoms with Gasteiger partial charge in [0.1, 0.15) is 0 Å². The molecule has 3 atom stereocenters. The van der Waals surface area contributed by atoms with E-state index in [-0.39, 0.29) is 12.0 Å². The first-order valence-corrected chi connectivity index (χ1v) is 5.27. The summed E-state index contributed by atoms with van der Waals surface area (Å²) < 4.78 is 0. The van der Waals surface area contributed by atoms with Gasteiger partial charge in [0.2, 0.25) is 5.91 Å². The first-order chi connectivity index (χ1) is 6.22.